The number of carboxylic acid groups (broad SMARTS) is 1. The lowest BCUT2D eigenvalue weighted by molar-refractivity contribution is -0.152. The van der Waals surface area contributed by atoms with E-state index in [9.17, 15) is 14.7 Å². The molecule has 1 amide bonds. The van der Waals surface area contributed by atoms with Crippen LogP contribution >= 0.6 is 0 Å². The van der Waals surface area contributed by atoms with Gasteiger partial charge < -0.3 is 10.0 Å². The minimum atomic E-state index is -0.833. The summed E-state index contributed by atoms with van der Waals surface area (Å²) in [6, 6.07) is 3.93. The van der Waals surface area contributed by atoms with Crippen LogP contribution in [0.25, 0.3) is 0 Å². The number of allylic oxidation sites excluding steroid dienone is 2. The smallest absolute Gasteiger partial charge is 0.307 e. The molecule has 1 aromatic rings. The van der Waals surface area contributed by atoms with Crippen molar-refractivity contribution in [3.63, 3.8) is 0 Å². The van der Waals surface area contributed by atoms with Gasteiger partial charge in [0.15, 0.2) is 0 Å². The highest BCUT2D eigenvalue weighted by molar-refractivity contribution is 5.87. The minimum absolute atomic E-state index is 0.0167. The molecule has 2 heterocycles. The number of amides is 1. The Kier molecular flexibility index (Phi) is 3.87. The first-order valence-corrected chi connectivity index (χ1v) is 8.78. The van der Waals surface area contributed by atoms with Gasteiger partial charge >= 0.3 is 5.97 Å². The number of aromatic nitrogens is 1. The number of likely N-dealkylation sites (tertiary alicyclic amines) is 1. The Bertz CT molecular complexity index is 672. The summed E-state index contributed by atoms with van der Waals surface area (Å²) in [5, 5.41) is 9.62. The SMILES string of the molecule is O=C(O)C1C2C=CC(C2)C1C(=O)N1CCCCC1c1cccnc1. The number of rotatable bonds is 3. The van der Waals surface area contributed by atoms with Crippen LogP contribution in [0.2, 0.25) is 0 Å². The number of carbonyl (C=O) groups excluding carboxylic acids is 1. The van der Waals surface area contributed by atoms with Crippen molar-refractivity contribution < 1.29 is 14.7 Å². The Morgan fingerprint density at radius 2 is 1.96 bits per heavy atom. The third kappa shape index (κ3) is 2.43. The molecular formula is C19H22N2O3. The monoisotopic (exact) mass is 326 g/mol. The number of carboxylic acids is 1. The molecule has 24 heavy (non-hydrogen) atoms. The number of pyridine rings is 1. The van der Waals surface area contributed by atoms with E-state index in [1.165, 1.54) is 0 Å². The lowest BCUT2D eigenvalue weighted by Crippen LogP contribution is -2.46. The first kappa shape index (κ1) is 15.4. The third-order valence-corrected chi connectivity index (χ3v) is 5.88. The number of piperidine rings is 1. The highest BCUT2D eigenvalue weighted by Crippen LogP contribution is 2.49. The zero-order chi connectivity index (χ0) is 16.7. The molecular weight excluding hydrogens is 304 g/mol. The van der Waals surface area contributed by atoms with Gasteiger partial charge in [-0.3, -0.25) is 14.6 Å². The van der Waals surface area contributed by atoms with Crippen molar-refractivity contribution in [3.8, 4) is 0 Å². The van der Waals surface area contributed by atoms with Crippen LogP contribution in [0.1, 0.15) is 37.3 Å². The zero-order valence-corrected chi connectivity index (χ0v) is 13.5. The van der Waals surface area contributed by atoms with Gasteiger partial charge in [-0.2, -0.15) is 0 Å². The Hall–Kier alpha value is -2.17. The number of aliphatic carboxylic acids is 1. The molecule has 126 valence electrons. The topological polar surface area (TPSA) is 70.5 Å². The molecule has 1 N–H and O–H groups in total. The highest BCUT2D eigenvalue weighted by atomic mass is 16.4. The summed E-state index contributed by atoms with van der Waals surface area (Å²) in [4.78, 5) is 31.1. The standard InChI is InChI=1S/C19H22N2O3/c22-18(16-12-6-7-13(10-12)17(16)19(23)24)21-9-2-1-5-15(21)14-4-3-8-20-11-14/h3-4,6-8,11-13,15-17H,1-2,5,9-10H2,(H,23,24). The van der Waals surface area contributed by atoms with Gasteiger partial charge in [0.2, 0.25) is 5.91 Å². The van der Waals surface area contributed by atoms with Crippen molar-refractivity contribution in [1.82, 2.24) is 9.88 Å². The second-order valence-corrected chi connectivity index (χ2v) is 7.17. The predicted molar refractivity (Wildman–Crippen MR) is 87.9 cm³/mol. The molecule has 1 saturated heterocycles. The van der Waals surface area contributed by atoms with Gasteiger partial charge in [0.1, 0.15) is 0 Å². The van der Waals surface area contributed by atoms with E-state index in [0.29, 0.717) is 6.54 Å². The van der Waals surface area contributed by atoms with Crippen LogP contribution in [-0.2, 0) is 9.59 Å². The van der Waals surface area contributed by atoms with E-state index in [-0.39, 0.29) is 23.8 Å². The molecule has 5 nitrogen and oxygen atoms in total. The van der Waals surface area contributed by atoms with Crippen molar-refractivity contribution in [2.45, 2.75) is 31.7 Å². The third-order valence-electron chi connectivity index (χ3n) is 5.88. The van der Waals surface area contributed by atoms with Gasteiger partial charge in [0.25, 0.3) is 0 Å². The maximum Gasteiger partial charge on any atom is 0.307 e. The van der Waals surface area contributed by atoms with Crippen molar-refractivity contribution in [1.29, 1.82) is 0 Å². The van der Waals surface area contributed by atoms with Crippen molar-refractivity contribution in [2.24, 2.45) is 23.7 Å². The van der Waals surface area contributed by atoms with E-state index >= 15 is 0 Å². The number of nitrogens with zero attached hydrogens (tertiary/aromatic N) is 2. The second kappa shape index (κ2) is 6.04. The fraction of sp³-hybridized carbons (Fsp3) is 0.526. The fourth-order valence-corrected chi connectivity index (χ4v) is 4.80. The Morgan fingerprint density at radius 1 is 1.17 bits per heavy atom. The van der Waals surface area contributed by atoms with Crippen LogP contribution in [-0.4, -0.2) is 33.4 Å². The molecule has 0 radical (unpaired) electrons. The van der Waals surface area contributed by atoms with Crippen LogP contribution < -0.4 is 0 Å². The quantitative estimate of drug-likeness (QED) is 0.867. The zero-order valence-electron chi connectivity index (χ0n) is 13.5. The average Bonchev–Trinajstić information content (AvgIpc) is 3.23. The van der Waals surface area contributed by atoms with E-state index in [4.69, 9.17) is 0 Å². The second-order valence-electron chi connectivity index (χ2n) is 7.17. The molecule has 1 aromatic heterocycles. The Labute approximate surface area is 141 Å². The van der Waals surface area contributed by atoms with Crippen LogP contribution in [0, 0.1) is 23.7 Å². The van der Waals surface area contributed by atoms with Crippen molar-refractivity contribution >= 4 is 11.9 Å². The van der Waals surface area contributed by atoms with Gasteiger partial charge in [0, 0.05) is 18.9 Å². The van der Waals surface area contributed by atoms with Crippen LogP contribution in [0.15, 0.2) is 36.7 Å². The van der Waals surface area contributed by atoms with Gasteiger partial charge in [-0.25, -0.2) is 0 Å². The van der Waals surface area contributed by atoms with E-state index in [1.807, 2.05) is 29.3 Å². The fourth-order valence-electron chi connectivity index (χ4n) is 4.80. The summed E-state index contributed by atoms with van der Waals surface area (Å²) in [6.07, 6.45) is 11.4. The molecule has 5 atom stereocenters. The van der Waals surface area contributed by atoms with Gasteiger partial charge in [-0.1, -0.05) is 18.2 Å². The van der Waals surface area contributed by atoms with Crippen LogP contribution in [0.4, 0.5) is 0 Å². The molecule has 1 aliphatic heterocycles. The van der Waals surface area contributed by atoms with E-state index in [2.05, 4.69) is 11.1 Å². The van der Waals surface area contributed by atoms with E-state index in [0.717, 1.165) is 31.2 Å². The maximum atomic E-state index is 13.3. The van der Waals surface area contributed by atoms with Gasteiger partial charge in [-0.15, -0.1) is 0 Å². The first-order valence-electron chi connectivity index (χ1n) is 8.78. The lowest BCUT2D eigenvalue weighted by atomic mass is 9.81. The summed E-state index contributed by atoms with van der Waals surface area (Å²) in [7, 11) is 0. The van der Waals surface area contributed by atoms with E-state index in [1.54, 1.807) is 6.20 Å². The average molecular weight is 326 g/mol. The number of hydrogen-bond acceptors (Lipinski definition) is 3. The normalized spacial score (nSPS) is 34.5. The number of fused-ring (bicyclic) bond motifs is 2. The van der Waals surface area contributed by atoms with Crippen LogP contribution in [0.5, 0.6) is 0 Å². The minimum Gasteiger partial charge on any atom is -0.481 e. The molecule has 0 aromatic carbocycles. The van der Waals surface area contributed by atoms with Crippen LogP contribution in [0.3, 0.4) is 0 Å². The highest BCUT2D eigenvalue weighted by Gasteiger charge is 2.53. The van der Waals surface area contributed by atoms with E-state index < -0.39 is 17.8 Å². The first-order chi connectivity index (χ1) is 11.7. The molecule has 0 spiro atoms. The molecule has 2 bridgehead atoms. The maximum absolute atomic E-state index is 13.3. The Morgan fingerprint density at radius 3 is 2.67 bits per heavy atom. The van der Waals surface area contributed by atoms with Gasteiger partial charge in [-0.05, 0) is 49.1 Å². The summed E-state index contributed by atoms with van der Waals surface area (Å²) < 4.78 is 0. The summed E-state index contributed by atoms with van der Waals surface area (Å²) in [5.74, 6) is -1.69. The molecule has 2 fully saturated rings. The van der Waals surface area contributed by atoms with Crippen molar-refractivity contribution in [2.75, 3.05) is 6.54 Å². The largest absolute Gasteiger partial charge is 0.481 e. The molecule has 2 aliphatic carbocycles. The lowest BCUT2D eigenvalue weighted by Gasteiger charge is -2.39. The molecule has 1 saturated carbocycles. The predicted octanol–water partition coefficient (Wildman–Crippen LogP) is 2.66. The molecule has 3 aliphatic rings. The summed E-state index contributed by atoms with van der Waals surface area (Å²) in [5.41, 5.74) is 1.05. The number of carbonyl (C=O) groups is 2. The van der Waals surface area contributed by atoms with Gasteiger partial charge in [0.05, 0.1) is 17.9 Å². The molecule has 5 unspecified atom stereocenters. The summed E-state index contributed by atoms with van der Waals surface area (Å²) >= 11 is 0. The van der Waals surface area contributed by atoms with Crippen molar-refractivity contribution in [3.05, 3.63) is 42.2 Å². The number of hydrogen-bond donors (Lipinski definition) is 1. The molecule has 4 rings (SSSR count). The summed E-state index contributed by atoms with van der Waals surface area (Å²) in [6.45, 7) is 0.711. The Balaban J connectivity index is 1.62. The molecule has 5 heteroatoms.